The highest BCUT2D eigenvalue weighted by molar-refractivity contribution is 8.18. The van der Waals surface area contributed by atoms with Crippen LogP contribution in [0.2, 0.25) is 0 Å². The topological polar surface area (TPSA) is 35.9 Å². The molecule has 37 heavy (non-hydrogen) atoms. The summed E-state index contributed by atoms with van der Waals surface area (Å²) in [5.41, 5.74) is 7.94. The van der Waals surface area contributed by atoms with E-state index in [1.165, 1.54) is 34.1 Å². The van der Waals surface area contributed by atoms with Gasteiger partial charge in [-0.15, -0.1) is 0 Å². The zero-order valence-electron chi connectivity index (χ0n) is 22.2. The lowest BCUT2D eigenvalue weighted by molar-refractivity contribution is -0.122. The molecule has 0 N–H and O–H groups in total. The summed E-state index contributed by atoms with van der Waals surface area (Å²) in [4.78, 5) is 23.4. The molecule has 188 valence electrons. The van der Waals surface area contributed by atoms with Gasteiger partial charge in [-0.25, -0.2) is 4.99 Å². The number of carbonyl (C=O) groups is 1. The molecule has 0 radical (unpaired) electrons. The number of fused-ring (bicyclic) bond motifs is 1. The van der Waals surface area contributed by atoms with Crippen LogP contribution in [-0.4, -0.2) is 35.1 Å². The summed E-state index contributed by atoms with van der Waals surface area (Å²) in [6.45, 7) is 9.35. The van der Waals surface area contributed by atoms with Gasteiger partial charge in [-0.3, -0.25) is 9.69 Å². The van der Waals surface area contributed by atoms with Crippen LogP contribution in [0.25, 0.3) is 11.6 Å². The van der Waals surface area contributed by atoms with Crippen molar-refractivity contribution in [3.63, 3.8) is 0 Å². The highest BCUT2D eigenvalue weighted by atomic mass is 32.2. The number of amidine groups is 1. The monoisotopic (exact) mass is 507 g/mol. The number of allylic oxidation sites excluding steroid dienone is 1. The first-order valence-electron chi connectivity index (χ1n) is 12.7. The van der Waals surface area contributed by atoms with Crippen molar-refractivity contribution in [2.75, 3.05) is 18.5 Å². The van der Waals surface area contributed by atoms with E-state index in [0.29, 0.717) is 11.4 Å². The van der Waals surface area contributed by atoms with Gasteiger partial charge < -0.3 is 4.90 Å². The molecule has 0 saturated carbocycles. The van der Waals surface area contributed by atoms with E-state index < -0.39 is 0 Å². The average molecular weight is 508 g/mol. The van der Waals surface area contributed by atoms with E-state index in [0.717, 1.165) is 28.4 Å². The molecule has 3 aromatic carbocycles. The zero-order valence-corrected chi connectivity index (χ0v) is 23.0. The molecule has 3 aromatic rings. The number of benzene rings is 3. The SMILES string of the molecule is CC1=CC(C)(C)N(C)c2cc(C)c(/C=C3/SC(=Nc4ccccc4)N(CCc4ccccc4)C3=O)cc21. The number of nitrogens with zero attached hydrogens (tertiary/aromatic N) is 3. The van der Waals surface area contributed by atoms with Gasteiger partial charge in [-0.2, -0.15) is 0 Å². The van der Waals surface area contributed by atoms with Crippen LogP contribution in [0.5, 0.6) is 0 Å². The van der Waals surface area contributed by atoms with Crippen molar-refractivity contribution < 1.29 is 4.79 Å². The Morgan fingerprint density at radius 2 is 1.65 bits per heavy atom. The summed E-state index contributed by atoms with van der Waals surface area (Å²) < 4.78 is 0. The predicted octanol–water partition coefficient (Wildman–Crippen LogP) is 7.47. The second-order valence-electron chi connectivity index (χ2n) is 10.3. The molecule has 0 unspecified atom stereocenters. The molecular weight excluding hydrogens is 474 g/mol. The normalized spacial score (nSPS) is 18.9. The molecular formula is C32H33N3OS. The summed E-state index contributed by atoms with van der Waals surface area (Å²) in [6.07, 6.45) is 5.13. The summed E-state index contributed by atoms with van der Waals surface area (Å²) in [5, 5.41) is 0.728. The Morgan fingerprint density at radius 3 is 2.35 bits per heavy atom. The van der Waals surface area contributed by atoms with Gasteiger partial charge in [0, 0.05) is 24.8 Å². The Balaban J connectivity index is 1.50. The van der Waals surface area contributed by atoms with Crippen LogP contribution in [0.4, 0.5) is 11.4 Å². The van der Waals surface area contributed by atoms with Crippen molar-refractivity contribution in [2.45, 2.75) is 39.7 Å². The third kappa shape index (κ3) is 5.14. The van der Waals surface area contributed by atoms with Crippen molar-refractivity contribution in [3.05, 3.63) is 106 Å². The molecule has 0 bridgehead atoms. The van der Waals surface area contributed by atoms with Crippen LogP contribution in [0.1, 0.15) is 43.0 Å². The maximum absolute atomic E-state index is 13.7. The molecule has 2 aliphatic heterocycles. The Morgan fingerprint density at radius 1 is 0.973 bits per heavy atom. The van der Waals surface area contributed by atoms with E-state index in [2.05, 4.69) is 70.0 Å². The number of hydrogen-bond acceptors (Lipinski definition) is 4. The lowest BCUT2D eigenvalue weighted by atomic mass is 9.87. The van der Waals surface area contributed by atoms with Gasteiger partial charge >= 0.3 is 0 Å². The fourth-order valence-corrected chi connectivity index (χ4v) is 5.92. The molecule has 1 fully saturated rings. The molecule has 5 heteroatoms. The van der Waals surface area contributed by atoms with Gasteiger partial charge in [0.2, 0.25) is 0 Å². The number of thioether (sulfide) groups is 1. The molecule has 0 aromatic heterocycles. The molecule has 1 saturated heterocycles. The van der Waals surface area contributed by atoms with Crippen molar-refractivity contribution in [1.29, 1.82) is 0 Å². The van der Waals surface area contributed by atoms with E-state index >= 15 is 0 Å². The smallest absolute Gasteiger partial charge is 0.266 e. The number of hydrogen-bond donors (Lipinski definition) is 0. The van der Waals surface area contributed by atoms with Gasteiger partial charge in [0.15, 0.2) is 5.17 Å². The minimum atomic E-state index is -0.0389. The van der Waals surface area contributed by atoms with Gasteiger partial charge in [-0.05, 0) is 98.5 Å². The maximum atomic E-state index is 13.7. The molecule has 0 aliphatic carbocycles. The van der Waals surface area contributed by atoms with Gasteiger partial charge in [0.25, 0.3) is 5.91 Å². The summed E-state index contributed by atoms with van der Waals surface area (Å²) in [6, 6.07) is 24.6. The number of carbonyl (C=O) groups excluding carboxylic acids is 1. The minimum absolute atomic E-state index is 0.0123. The molecule has 0 atom stereocenters. The van der Waals surface area contributed by atoms with E-state index in [1.54, 1.807) is 0 Å². The van der Waals surface area contributed by atoms with Gasteiger partial charge in [0.05, 0.1) is 16.1 Å². The Bertz CT molecular complexity index is 1420. The Labute approximate surface area is 224 Å². The number of amides is 1. The quantitative estimate of drug-likeness (QED) is 0.336. The van der Waals surface area contributed by atoms with Crippen molar-refractivity contribution in [3.8, 4) is 0 Å². The predicted molar refractivity (Wildman–Crippen MR) is 158 cm³/mol. The largest absolute Gasteiger partial charge is 0.365 e. The Hall–Kier alpha value is -3.57. The number of aryl methyl sites for hydroxylation is 1. The minimum Gasteiger partial charge on any atom is -0.365 e. The standard InChI is InChI=1S/C32H33N3OS/c1-22-18-28-27(23(2)21-32(3,4)34(28)5)19-25(22)20-29-30(36)35(17-16-24-12-8-6-9-13-24)31(37-29)33-26-14-10-7-11-15-26/h6-15,18-21H,16-17H2,1-5H3/b29-20+,33-31?. The van der Waals surface area contributed by atoms with Crippen LogP contribution in [0.3, 0.4) is 0 Å². The number of para-hydroxylation sites is 1. The first-order valence-corrected chi connectivity index (χ1v) is 13.5. The fourth-order valence-electron chi connectivity index (χ4n) is 4.90. The number of rotatable bonds is 5. The molecule has 0 spiro atoms. The van der Waals surface area contributed by atoms with Crippen LogP contribution in [0, 0.1) is 6.92 Å². The lowest BCUT2D eigenvalue weighted by Crippen LogP contribution is -2.42. The maximum Gasteiger partial charge on any atom is 0.266 e. The molecule has 5 rings (SSSR count). The van der Waals surface area contributed by atoms with E-state index in [1.807, 2.05) is 59.5 Å². The van der Waals surface area contributed by atoms with Crippen molar-refractivity contribution in [1.82, 2.24) is 4.90 Å². The van der Waals surface area contributed by atoms with E-state index in [9.17, 15) is 4.79 Å². The summed E-state index contributed by atoms with van der Waals surface area (Å²) >= 11 is 1.46. The van der Waals surface area contributed by atoms with Crippen LogP contribution in [-0.2, 0) is 11.2 Å². The first-order chi connectivity index (χ1) is 17.7. The zero-order chi connectivity index (χ0) is 26.2. The summed E-state index contributed by atoms with van der Waals surface area (Å²) in [5.74, 6) is 0.0123. The van der Waals surface area contributed by atoms with Crippen molar-refractivity contribution in [2.24, 2.45) is 4.99 Å². The van der Waals surface area contributed by atoms with E-state index in [-0.39, 0.29) is 11.4 Å². The summed E-state index contributed by atoms with van der Waals surface area (Å²) in [7, 11) is 2.15. The average Bonchev–Trinajstić information content (AvgIpc) is 3.16. The van der Waals surface area contributed by atoms with Crippen LogP contribution < -0.4 is 4.90 Å². The van der Waals surface area contributed by atoms with Gasteiger partial charge in [0.1, 0.15) is 0 Å². The molecule has 1 amide bonds. The fraction of sp³-hybridized carbons (Fsp3) is 0.250. The third-order valence-corrected chi connectivity index (χ3v) is 8.23. The Kier molecular flexibility index (Phi) is 6.82. The second kappa shape index (κ2) is 10.1. The third-order valence-electron chi connectivity index (χ3n) is 7.23. The number of likely N-dealkylation sites (N-methyl/N-ethyl adjacent to an activating group) is 1. The molecule has 2 aliphatic rings. The van der Waals surface area contributed by atoms with Crippen LogP contribution >= 0.6 is 11.8 Å². The molecule has 2 heterocycles. The lowest BCUT2D eigenvalue weighted by Gasteiger charge is -2.41. The number of anilines is 1. The highest BCUT2D eigenvalue weighted by Gasteiger charge is 2.34. The molecule has 4 nitrogen and oxygen atoms in total. The van der Waals surface area contributed by atoms with Crippen molar-refractivity contribution >= 4 is 45.9 Å². The van der Waals surface area contributed by atoms with E-state index in [4.69, 9.17) is 4.99 Å². The van der Waals surface area contributed by atoms with Gasteiger partial charge in [-0.1, -0.05) is 54.6 Å². The first kappa shape index (κ1) is 25.1. The number of aliphatic imine (C=N–C) groups is 1. The van der Waals surface area contributed by atoms with Crippen LogP contribution in [0.15, 0.2) is 88.8 Å². The highest BCUT2D eigenvalue weighted by Crippen LogP contribution is 2.41. The second-order valence-corrected chi connectivity index (χ2v) is 11.3.